The van der Waals surface area contributed by atoms with Gasteiger partial charge in [0.15, 0.2) is 11.5 Å². The standard InChI is InChI=1S/C20H23N3O2/c1-14-8-10-15(11-9-14)17-13-22-20(23(17)2)21-12-16-6-5-7-18(24-3)19(16)25-4/h5-11,13H,12H2,1-4H3,(H,21,22). The molecule has 0 saturated heterocycles. The van der Waals surface area contributed by atoms with E-state index in [1.54, 1.807) is 14.2 Å². The van der Waals surface area contributed by atoms with Crippen LogP contribution in [0.5, 0.6) is 11.5 Å². The molecule has 0 spiro atoms. The molecule has 0 aliphatic carbocycles. The van der Waals surface area contributed by atoms with Crippen molar-refractivity contribution >= 4 is 5.95 Å². The average molecular weight is 337 g/mol. The van der Waals surface area contributed by atoms with Crippen LogP contribution in [0.25, 0.3) is 11.3 Å². The van der Waals surface area contributed by atoms with Crippen molar-refractivity contribution < 1.29 is 9.47 Å². The molecule has 5 heteroatoms. The van der Waals surface area contributed by atoms with E-state index in [0.29, 0.717) is 6.54 Å². The number of para-hydroxylation sites is 1. The summed E-state index contributed by atoms with van der Waals surface area (Å²) in [6, 6.07) is 14.3. The lowest BCUT2D eigenvalue weighted by atomic mass is 10.1. The largest absolute Gasteiger partial charge is 0.493 e. The van der Waals surface area contributed by atoms with E-state index >= 15 is 0 Å². The fraction of sp³-hybridized carbons (Fsp3) is 0.250. The third-order valence-electron chi connectivity index (χ3n) is 4.26. The summed E-state index contributed by atoms with van der Waals surface area (Å²) in [7, 11) is 5.30. The third-order valence-corrected chi connectivity index (χ3v) is 4.26. The van der Waals surface area contributed by atoms with Gasteiger partial charge in [-0.1, -0.05) is 42.0 Å². The van der Waals surface area contributed by atoms with Crippen molar-refractivity contribution in [1.29, 1.82) is 0 Å². The summed E-state index contributed by atoms with van der Waals surface area (Å²) in [5.74, 6) is 2.27. The van der Waals surface area contributed by atoms with Crippen molar-refractivity contribution in [2.24, 2.45) is 7.05 Å². The van der Waals surface area contributed by atoms with Crippen molar-refractivity contribution in [2.75, 3.05) is 19.5 Å². The van der Waals surface area contributed by atoms with Gasteiger partial charge in [-0.05, 0) is 18.6 Å². The van der Waals surface area contributed by atoms with Crippen LogP contribution in [0.15, 0.2) is 48.7 Å². The number of aryl methyl sites for hydroxylation is 1. The Balaban J connectivity index is 1.80. The van der Waals surface area contributed by atoms with Gasteiger partial charge in [-0.15, -0.1) is 0 Å². The molecule has 0 radical (unpaired) electrons. The number of rotatable bonds is 6. The van der Waals surface area contributed by atoms with Gasteiger partial charge in [0.1, 0.15) is 0 Å². The molecule has 1 heterocycles. The fourth-order valence-electron chi connectivity index (χ4n) is 2.83. The monoisotopic (exact) mass is 337 g/mol. The van der Waals surface area contributed by atoms with Gasteiger partial charge < -0.3 is 19.4 Å². The van der Waals surface area contributed by atoms with E-state index in [1.165, 1.54) is 5.56 Å². The molecule has 0 aliphatic rings. The first-order chi connectivity index (χ1) is 12.1. The summed E-state index contributed by atoms with van der Waals surface area (Å²) in [6.45, 7) is 2.68. The van der Waals surface area contributed by atoms with E-state index in [4.69, 9.17) is 9.47 Å². The Morgan fingerprint density at radius 1 is 1.04 bits per heavy atom. The lowest BCUT2D eigenvalue weighted by Gasteiger charge is -2.14. The zero-order chi connectivity index (χ0) is 17.8. The van der Waals surface area contributed by atoms with E-state index in [-0.39, 0.29) is 0 Å². The lowest BCUT2D eigenvalue weighted by molar-refractivity contribution is 0.352. The van der Waals surface area contributed by atoms with Crippen LogP contribution in [0, 0.1) is 6.92 Å². The molecular weight excluding hydrogens is 314 g/mol. The topological polar surface area (TPSA) is 48.3 Å². The molecule has 0 aliphatic heterocycles. The highest BCUT2D eigenvalue weighted by Gasteiger charge is 2.12. The summed E-state index contributed by atoms with van der Waals surface area (Å²) in [4.78, 5) is 4.51. The first-order valence-corrected chi connectivity index (χ1v) is 8.16. The summed E-state index contributed by atoms with van der Waals surface area (Å²) < 4.78 is 12.9. The maximum absolute atomic E-state index is 5.48. The molecule has 0 saturated carbocycles. The van der Waals surface area contributed by atoms with Gasteiger partial charge in [-0.2, -0.15) is 0 Å². The molecule has 130 valence electrons. The number of methoxy groups -OCH3 is 2. The maximum atomic E-state index is 5.48. The van der Waals surface area contributed by atoms with E-state index in [9.17, 15) is 0 Å². The van der Waals surface area contributed by atoms with Crippen LogP contribution in [0.1, 0.15) is 11.1 Å². The van der Waals surface area contributed by atoms with Gasteiger partial charge >= 0.3 is 0 Å². The first-order valence-electron chi connectivity index (χ1n) is 8.16. The molecule has 0 amide bonds. The second-order valence-corrected chi connectivity index (χ2v) is 5.90. The van der Waals surface area contributed by atoms with E-state index in [0.717, 1.165) is 34.3 Å². The summed E-state index contributed by atoms with van der Waals surface area (Å²) >= 11 is 0. The number of nitrogens with one attached hydrogen (secondary N) is 1. The first kappa shape index (κ1) is 16.9. The summed E-state index contributed by atoms with van der Waals surface area (Å²) in [6.07, 6.45) is 1.88. The van der Waals surface area contributed by atoms with Crippen LogP contribution in [0.4, 0.5) is 5.95 Å². The van der Waals surface area contributed by atoms with Gasteiger partial charge in [0.25, 0.3) is 0 Å². The van der Waals surface area contributed by atoms with Crippen LogP contribution < -0.4 is 14.8 Å². The van der Waals surface area contributed by atoms with E-state index in [1.807, 2.05) is 31.4 Å². The normalized spacial score (nSPS) is 10.6. The Morgan fingerprint density at radius 3 is 2.48 bits per heavy atom. The number of imidazole rings is 1. The Bertz CT molecular complexity index is 854. The average Bonchev–Trinajstić information content (AvgIpc) is 3.00. The zero-order valence-corrected chi connectivity index (χ0v) is 15.0. The SMILES string of the molecule is COc1cccc(CNc2ncc(-c3ccc(C)cc3)n2C)c1OC. The molecule has 1 N–H and O–H groups in total. The predicted octanol–water partition coefficient (Wildman–Crippen LogP) is 4.02. The number of hydrogen-bond donors (Lipinski definition) is 1. The van der Waals surface area contributed by atoms with E-state index < -0.39 is 0 Å². The van der Waals surface area contributed by atoms with Gasteiger partial charge in [-0.25, -0.2) is 4.98 Å². The molecule has 25 heavy (non-hydrogen) atoms. The van der Waals surface area contributed by atoms with Crippen molar-refractivity contribution in [2.45, 2.75) is 13.5 Å². The molecule has 5 nitrogen and oxygen atoms in total. The van der Waals surface area contributed by atoms with Crippen molar-refractivity contribution in [3.8, 4) is 22.8 Å². The Morgan fingerprint density at radius 2 is 1.80 bits per heavy atom. The second kappa shape index (κ2) is 7.30. The number of ether oxygens (including phenoxy) is 2. The fourth-order valence-corrected chi connectivity index (χ4v) is 2.83. The van der Waals surface area contributed by atoms with E-state index in [2.05, 4.69) is 46.1 Å². The number of anilines is 1. The minimum absolute atomic E-state index is 0.596. The number of benzene rings is 2. The van der Waals surface area contributed by atoms with Gasteiger partial charge in [-0.3, -0.25) is 0 Å². The second-order valence-electron chi connectivity index (χ2n) is 5.90. The Hall–Kier alpha value is -2.95. The highest BCUT2D eigenvalue weighted by Crippen LogP contribution is 2.31. The number of nitrogens with zero attached hydrogens (tertiary/aromatic N) is 2. The number of hydrogen-bond acceptors (Lipinski definition) is 4. The van der Waals surface area contributed by atoms with Crippen LogP contribution in [-0.2, 0) is 13.6 Å². The quantitative estimate of drug-likeness (QED) is 0.738. The molecule has 0 bridgehead atoms. The lowest BCUT2D eigenvalue weighted by Crippen LogP contribution is -2.07. The minimum atomic E-state index is 0.596. The van der Waals surface area contributed by atoms with Crippen LogP contribution in [-0.4, -0.2) is 23.8 Å². The maximum Gasteiger partial charge on any atom is 0.203 e. The van der Waals surface area contributed by atoms with Crippen LogP contribution in [0.2, 0.25) is 0 Å². The highest BCUT2D eigenvalue weighted by atomic mass is 16.5. The van der Waals surface area contributed by atoms with Crippen molar-refractivity contribution in [1.82, 2.24) is 9.55 Å². The molecule has 0 fully saturated rings. The molecule has 2 aromatic carbocycles. The van der Waals surface area contributed by atoms with Gasteiger partial charge in [0.05, 0.1) is 26.1 Å². The number of aromatic nitrogens is 2. The summed E-state index contributed by atoms with van der Waals surface area (Å²) in [5.41, 5.74) is 4.48. The molecule has 3 rings (SSSR count). The smallest absolute Gasteiger partial charge is 0.203 e. The van der Waals surface area contributed by atoms with Crippen LogP contribution in [0.3, 0.4) is 0 Å². The van der Waals surface area contributed by atoms with Gasteiger partial charge in [0.2, 0.25) is 5.95 Å². The Labute approximate surface area is 148 Å². The summed E-state index contributed by atoms with van der Waals surface area (Å²) in [5, 5.41) is 3.37. The molecular formula is C20H23N3O2. The molecule has 0 unspecified atom stereocenters. The van der Waals surface area contributed by atoms with Gasteiger partial charge in [0, 0.05) is 19.2 Å². The minimum Gasteiger partial charge on any atom is -0.493 e. The molecule has 3 aromatic rings. The Kier molecular flexibility index (Phi) is 4.93. The molecule has 1 aromatic heterocycles. The third kappa shape index (κ3) is 3.45. The highest BCUT2D eigenvalue weighted by molar-refractivity contribution is 5.62. The van der Waals surface area contributed by atoms with Crippen molar-refractivity contribution in [3.05, 3.63) is 59.8 Å². The zero-order valence-electron chi connectivity index (χ0n) is 15.0. The van der Waals surface area contributed by atoms with Crippen LogP contribution >= 0.6 is 0 Å². The molecule has 0 atom stereocenters. The van der Waals surface area contributed by atoms with Crippen molar-refractivity contribution in [3.63, 3.8) is 0 Å². The predicted molar refractivity (Wildman–Crippen MR) is 100 cm³/mol.